The molecule has 1 aromatic heterocycles. The molecule has 0 aromatic carbocycles. The Labute approximate surface area is 109 Å². The highest BCUT2D eigenvalue weighted by atomic mass is 16.5. The van der Waals surface area contributed by atoms with Crippen molar-refractivity contribution in [3.63, 3.8) is 0 Å². The van der Waals surface area contributed by atoms with E-state index < -0.39 is 0 Å². The minimum Gasteiger partial charge on any atom is -0.381 e. The maximum absolute atomic E-state index is 5.39. The molecule has 1 aliphatic rings. The van der Waals surface area contributed by atoms with Crippen molar-refractivity contribution in [2.75, 3.05) is 25.1 Å². The van der Waals surface area contributed by atoms with Gasteiger partial charge in [0.2, 0.25) is 0 Å². The van der Waals surface area contributed by atoms with Gasteiger partial charge in [-0.05, 0) is 18.9 Å². The number of hydrogen-bond acceptors (Lipinski definition) is 4. The number of aromatic nitrogens is 2. The van der Waals surface area contributed by atoms with Crippen LogP contribution < -0.4 is 4.90 Å². The van der Waals surface area contributed by atoms with Crippen molar-refractivity contribution in [2.45, 2.75) is 45.1 Å². The van der Waals surface area contributed by atoms with Crippen LogP contribution in [0.2, 0.25) is 0 Å². The SMILES string of the molecule is COC1CCN(c2ccnc(C(C)(C)C)n2)CC1. The van der Waals surface area contributed by atoms with Gasteiger partial charge < -0.3 is 9.64 Å². The number of anilines is 1. The van der Waals surface area contributed by atoms with E-state index >= 15 is 0 Å². The van der Waals surface area contributed by atoms with Gasteiger partial charge in [0.15, 0.2) is 0 Å². The Morgan fingerprint density at radius 2 is 1.94 bits per heavy atom. The molecular weight excluding hydrogens is 226 g/mol. The molecule has 0 atom stereocenters. The van der Waals surface area contributed by atoms with E-state index in [1.165, 1.54) is 0 Å². The highest BCUT2D eigenvalue weighted by Gasteiger charge is 2.22. The third kappa shape index (κ3) is 2.99. The highest BCUT2D eigenvalue weighted by Crippen LogP contribution is 2.23. The van der Waals surface area contributed by atoms with Crippen LogP contribution in [0, 0.1) is 0 Å². The molecule has 2 rings (SSSR count). The average Bonchev–Trinajstić information content (AvgIpc) is 2.38. The molecule has 0 spiro atoms. The third-order valence-corrected chi connectivity index (χ3v) is 3.41. The lowest BCUT2D eigenvalue weighted by molar-refractivity contribution is 0.0818. The predicted octanol–water partition coefficient (Wildman–Crippen LogP) is 2.39. The Hall–Kier alpha value is -1.16. The first-order valence-electron chi connectivity index (χ1n) is 6.62. The fraction of sp³-hybridized carbons (Fsp3) is 0.714. The molecule has 0 aliphatic carbocycles. The van der Waals surface area contributed by atoms with Crippen LogP contribution in [-0.4, -0.2) is 36.3 Å². The van der Waals surface area contributed by atoms with E-state index in [1.54, 1.807) is 7.11 Å². The lowest BCUT2D eigenvalue weighted by Crippen LogP contribution is -2.37. The van der Waals surface area contributed by atoms with Gasteiger partial charge in [-0.1, -0.05) is 20.8 Å². The first-order chi connectivity index (χ1) is 8.50. The van der Waals surface area contributed by atoms with E-state index in [1.807, 2.05) is 12.3 Å². The maximum atomic E-state index is 5.39. The van der Waals surface area contributed by atoms with E-state index in [-0.39, 0.29) is 5.41 Å². The van der Waals surface area contributed by atoms with Gasteiger partial charge in [-0.2, -0.15) is 0 Å². The minimum absolute atomic E-state index is 0.000855. The molecule has 1 fully saturated rings. The fourth-order valence-electron chi connectivity index (χ4n) is 2.21. The van der Waals surface area contributed by atoms with Crippen molar-refractivity contribution in [3.05, 3.63) is 18.1 Å². The molecule has 0 saturated carbocycles. The molecule has 1 saturated heterocycles. The maximum Gasteiger partial charge on any atom is 0.135 e. The number of nitrogens with zero attached hydrogens (tertiary/aromatic N) is 3. The van der Waals surface area contributed by atoms with Crippen molar-refractivity contribution in [3.8, 4) is 0 Å². The second-order valence-corrected chi connectivity index (χ2v) is 5.91. The van der Waals surface area contributed by atoms with E-state index in [9.17, 15) is 0 Å². The molecule has 18 heavy (non-hydrogen) atoms. The Morgan fingerprint density at radius 3 is 2.50 bits per heavy atom. The Balaban J connectivity index is 2.10. The highest BCUT2D eigenvalue weighted by molar-refractivity contribution is 5.38. The summed E-state index contributed by atoms with van der Waals surface area (Å²) in [6.45, 7) is 8.45. The fourth-order valence-corrected chi connectivity index (χ4v) is 2.21. The number of rotatable bonds is 2. The van der Waals surface area contributed by atoms with Crippen molar-refractivity contribution < 1.29 is 4.74 Å². The lowest BCUT2D eigenvalue weighted by atomic mass is 9.96. The number of ether oxygens (including phenoxy) is 1. The molecule has 0 bridgehead atoms. The van der Waals surface area contributed by atoms with Gasteiger partial charge >= 0.3 is 0 Å². The summed E-state index contributed by atoms with van der Waals surface area (Å²) in [6.07, 6.45) is 4.42. The largest absolute Gasteiger partial charge is 0.381 e. The summed E-state index contributed by atoms with van der Waals surface area (Å²) in [5, 5.41) is 0. The zero-order valence-corrected chi connectivity index (χ0v) is 11.8. The van der Waals surface area contributed by atoms with Crippen molar-refractivity contribution in [2.24, 2.45) is 0 Å². The van der Waals surface area contributed by atoms with Crippen LogP contribution in [0.25, 0.3) is 0 Å². The smallest absolute Gasteiger partial charge is 0.135 e. The summed E-state index contributed by atoms with van der Waals surface area (Å²) < 4.78 is 5.39. The summed E-state index contributed by atoms with van der Waals surface area (Å²) in [4.78, 5) is 11.4. The summed E-state index contributed by atoms with van der Waals surface area (Å²) in [5.74, 6) is 1.96. The molecule has 0 unspecified atom stereocenters. The first-order valence-corrected chi connectivity index (χ1v) is 6.62. The second kappa shape index (κ2) is 5.22. The molecule has 0 amide bonds. The molecule has 4 nitrogen and oxygen atoms in total. The van der Waals surface area contributed by atoms with Crippen LogP contribution in [0.15, 0.2) is 12.3 Å². The Bertz CT molecular complexity index is 392. The van der Waals surface area contributed by atoms with Crippen LogP contribution in [-0.2, 0) is 10.2 Å². The van der Waals surface area contributed by atoms with E-state index in [0.717, 1.165) is 37.6 Å². The van der Waals surface area contributed by atoms with Crippen molar-refractivity contribution in [1.82, 2.24) is 9.97 Å². The zero-order valence-electron chi connectivity index (χ0n) is 11.8. The number of piperidine rings is 1. The Morgan fingerprint density at radius 1 is 1.28 bits per heavy atom. The van der Waals surface area contributed by atoms with Crippen molar-refractivity contribution in [1.29, 1.82) is 0 Å². The predicted molar refractivity (Wildman–Crippen MR) is 73.0 cm³/mol. The summed E-state index contributed by atoms with van der Waals surface area (Å²) in [7, 11) is 1.79. The van der Waals surface area contributed by atoms with E-state index in [0.29, 0.717) is 6.10 Å². The molecule has 0 N–H and O–H groups in total. The summed E-state index contributed by atoms with van der Waals surface area (Å²) in [5.41, 5.74) is 0.000855. The van der Waals surface area contributed by atoms with Crippen LogP contribution in [0.5, 0.6) is 0 Å². The summed E-state index contributed by atoms with van der Waals surface area (Å²) in [6, 6.07) is 2.00. The van der Waals surface area contributed by atoms with Crippen LogP contribution >= 0.6 is 0 Å². The molecule has 0 radical (unpaired) electrons. The summed E-state index contributed by atoms with van der Waals surface area (Å²) >= 11 is 0. The standard InChI is InChI=1S/C14H23N3O/c1-14(2,3)13-15-8-5-12(16-13)17-9-6-11(18-4)7-10-17/h5,8,11H,6-7,9-10H2,1-4H3. The number of methoxy groups -OCH3 is 1. The van der Waals surface area contributed by atoms with Gasteiger partial charge in [-0.15, -0.1) is 0 Å². The normalized spacial score (nSPS) is 18.1. The minimum atomic E-state index is 0.000855. The molecule has 1 aliphatic heterocycles. The topological polar surface area (TPSA) is 38.2 Å². The van der Waals surface area contributed by atoms with Gasteiger partial charge in [0.1, 0.15) is 11.6 Å². The molecule has 100 valence electrons. The van der Waals surface area contributed by atoms with Crippen LogP contribution in [0.1, 0.15) is 39.4 Å². The average molecular weight is 249 g/mol. The second-order valence-electron chi connectivity index (χ2n) is 5.91. The van der Waals surface area contributed by atoms with Crippen LogP contribution in [0.4, 0.5) is 5.82 Å². The van der Waals surface area contributed by atoms with Gasteiger partial charge in [-0.25, -0.2) is 9.97 Å². The lowest BCUT2D eigenvalue weighted by Gasteiger charge is -2.32. The van der Waals surface area contributed by atoms with E-state index in [2.05, 4.69) is 30.7 Å². The molecule has 4 heteroatoms. The third-order valence-electron chi connectivity index (χ3n) is 3.41. The number of hydrogen-bond donors (Lipinski definition) is 0. The van der Waals surface area contributed by atoms with Gasteiger partial charge in [0.25, 0.3) is 0 Å². The zero-order chi connectivity index (χ0) is 13.2. The van der Waals surface area contributed by atoms with Crippen molar-refractivity contribution >= 4 is 5.82 Å². The monoisotopic (exact) mass is 249 g/mol. The quantitative estimate of drug-likeness (QED) is 0.806. The first kappa shape index (κ1) is 13.3. The van der Waals surface area contributed by atoms with Crippen LogP contribution in [0.3, 0.4) is 0 Å². The van der Waals surface area contributed by atoms with E-state index in [4.69, 9.17) is 9.72 Å². The Kier molecular flexibility index (Phi) is 3.85. The van der Waals surface area contributed by atoms with Gasteiger partial charge in [0, 0.05) is 31.8 Å². The molecule has 1 aromatic rings. The van der Waals surface area contributed by atoms with Gasteiger partial charge in [-0.3, -0.25) is 0 Å². The molecular formula is C14H23N3O. The molecule has 2 heterocycles. The van der Waals surface area contributed by atoms with Gasteiger partial charge in [0.05, 0.1) is 6.10 Å².